The number of carbonyl (C=O) groups excluding carboxylic acids is 1. The van der Waals surface area contributed by atoms with Gasteiger partial charge in [0.25, 0.3) is 0 Å². The smallest absolute Gasteiger partial charge is 0.214 e. The maximum atomic E-state index is 11.1. The lowest BCUT2D eigenvalue weighted by Gasteiger charge is -2.33. The summed E-state index contributed by atoms with van der Waals surface area (Å²) in [5.41, 5.74) is 7.96. The Kier molecular flexibility index (Phi) is 3.80. The number of anilines is 2. The minimum absolute atomic E-state index is 0.0145. The van der Waals surface area contributed by atoms with E-state index in [4.69, 9.17) is 15.2 Å². The van der Waals surface area contributed by atoms with Gasteiger partial charge in [0, 0.05) is 24.1 Å². The standard InChI is InChI=1S/C13H18N2O4/c1-18-10-5-9-11(12(14)13(10)19-2)8(6-16)3-4-15(9)7-17/h5,7-8,16H,3-4,6,14H2,1-2H3. The van der Waals surface area contributed by atoms with Crippen LogP contribution in [0.2, 0.25) is 0 Å². The monoisotopic (exact) mass is 266 g/mol. The molecule has 0 aromatic heterocycles. The topological polar surface area (TPSA) is 85.0 Å². The molecule has 1 aromatic rings. The average Bonchev–Trinajstić information content (AvgIpc) is 2.45. The zero-order valence-corrected chi connectivity index (χ0v) is 11.0. The molecule has 6 heteroatoms. The predicted molar refractivity (Wildman–Crippen MR) is 71.8 cm³/mol. The van der Waals surface area contributed by atoms with Gasteiger partial charge < -0.3 is 25.2 Å². The molecule has 6 nitrogen and oxygen atoms in total. The van der Waals surface area contributed by atoms with E-state index in [-0.39, 0.29) is 12.5 Å². The summed E-state index contributed by atoms with van der Waals surface area (Å²) in [6.07, 6.45) is 1.43. The quantitative estimate of drug-likeness (QED) is 0.620. The van der Waals surface area contributed by atoms with Crippen LogP contribution < -0.4 is 20.1 Å². The van der Waals surface area contributed by atoms with E-state index in [2.05, 4.69) is 0 Å². The SMILES string of the molecule is COc1cc2c(c(N)c1OC)C(CO)CCN2C=O. The third-order valence-corrected chi connectivity index (χ3v) is 3.51. The summed E-state index contributed by atoms with van der Waals surface area (Å²) in [5, 5.41) is 9.48. The average molecular weight is 266 g/mol. The van der Waals surface area contributed by atoms with Crippen molar-refractivity contribution in [3.63, 3.8) is 0 Å². The van der Waals surface area contributed by atoms with Crippen LogP contribution in [0.5, 0.6) is 11.5 Å². The maximum absolute atomic E-state index is 11.1. The summed E-state index contributed by atoms with van der Waals surface area (Å²) in [4.78, 5) is 12.7. The number of hydrogen-bond acceptors (Lipinski definition) is 5. The molecule has 1 amide bonds. The molecule has 1 atom stereocenters. The fourth-order valence-electron chi connectivity index (χ4n) is 2.54. The second kappa shape index (κ2) is 5.36. The Morgan fingerprint density at radius 3 is 2.79 bits per heavy atom. The van der Waals surface area contributed by atoms with Crippen molar-refractivity contribution in [3.05, 3.63) is 11.6 Å². The molecule has 0 radical (unpaired) electrons. The molecule has 0 saturated carbocycles. The number of hydrogen-bond donors (Lipinski definition) is 2. The van der Waals surface area contributed by atoms with Crippen LogP contribution in [0.1, 0.15) is 17.9 Å². The van der Waals surface area contributed by atoms with Crippen LogP contribution in [-0.2, 0) is 4.79 Å². The zero-order chi connectivity index (χ0) is 14.0. The number of fused-ring (bicyclic) bond motifs is 1. The number of benzene rings is 1. The number of nitrogens with two attached hydrogens (primary N) is 1. The second-order valence-electron chi connectivity index (χ2n) is 4.43. The van der Waals surface area contributed by atoms with Crippen molar-refractivity contribution in [2.24, 2.45) is 0 Å². The van der Waals surface area contributed by atoms with E-state index in [1.807, 2.05) is 0 Å². The first kappa shape index (κ1) is 13.5. The first-order chi connectivity index (χ1) is 9.17. The molecule has 0 aliphatic carbocycles. The number of nitrogen functional groups attached to an aromatic ring is 1. The molecule has 0 spiro atoms. The Hall–Kier alpha value is -1.95. The van der Waals surface area contributed by atoms with E-state index in [1.54, 1.807) is 11.0 Å². The van der Waals surface area contributed by atoms with Crippen molar-refractivity contribution < 1.29 is 19.4 Å². The first-order valence-electron chi connectivity index (χ1n) is 6.05. The van der Waals surface area contributed by atoms with Gasteiger partial charge in [-0.1, -0.05) is 0 Å². The van der Waals surface area contributed by atoms with E-state index in [1.165, 1.54) is 14.2 Å². The van der Waals surface area contributed by atoms with E-state index >= 15 is 0 Å². The Morgan fingerprint density at radius 2 is 2.26 bits per heavy atom. The number of amides is 1. The molecule has 1 aliphatic rings. The highest BCUT2D eigenvalue weighted by Crippen LogP contribution is 2.47. The predicted octanol–water partition coefficient (Wildman–Crippen LogP) is 0.728. The van der Waals surface area contributed by atoms with E-state index in [0.29, 0.717) is 35.8 Å². The maximum Gasteiger partial charge on any atom is 0.214 e. The Balaban J connectivity index is 2.67. The summed E-state index contributed by atoms with van der Waals surface area (Å²) in [6.45, 7) is 0.538. The number of aliphatic hydroxyl groups is 1. The number of aliphatic hydroxyl groups excluding tert-OH is 1. The summed E-state index contributed by atoms with van der Waals surface area (Å²) >= 11 is 0. The summed E-state index contributed by atoms with van der Waals surface area (Å²) in [7, 11) is 3.02. The number of methoxy groups -OCH3 is 2. The number of rotatable bonds is 4. The van der Waals surface area contributed by atoms with Gasteiger partial charge in [0.2, 0.25) is 6.41 Å². The number of ether oxygens (including phenoxy) is 2. The Morgan fingerprint density at radius 1 is 1.53 bits per heavy atom. The summed E-state index contributed by atoms with van der Waals surface area (Å²) in [5.74, 6) is 0.822. The molecule has 2 rings (SSSR count). The number of nitrogens with zero attached hydrogens (tertiary/aromatic N) is 1. The van der Waals surface area contributed by atoms with Crippen molar-refractivity contribution in [3.8, 4) is 11.5 Å². The van der Waals surface area contributed by atoms with Crippen LogP contribution in [0, 0.1) is 0 Å². The van der Waals surface area contributed by atoms with Gasteiger partial charge in [-0.05, 0) is 6.42 Å². The lowest BCUT2D eigenvalue weighted by molar-refractivity contribution is -0.107. The van der Waals surface area contributed by atoms with Crippen molar-refractivity contribution in [1.82, 2.24) is 0 Å². The minimum Gasteiger partial charge on any atom is -0.493 e. The third kappa shape index (κ3) is 2.08. The van der Waals surface area contributed by atoms with Crippen LogP contribution in [0.15, 0.2) is 6.07 Å². The van der Waals surface area contributed by atoms with Crippen LogP contribution in [0.3, 0.4) is 0 Å². The van der Waals surface area contributed by atoms with Gasteiger partial charge in [-0.3, -0.25) is 4.79 Å². The lowest BCUT2D eigenvalue weighted by Crippen LogP contribution is -2.31. The molecular formula is C13H18N2O4. The van der Waals surface area contributed by atoms with Gasteiger partial charge in [-0.2, -0.15) is 0 Å². The molecular weight excluding hydrogens is 248 g/mol. The molecule has 104 valence electrons. The van der Waals surface area contributed by atoms with Gasteiger partial charge in [0.15, 0.2) is 11.5 Å². The summed E-state index contributed by atoms with van der Waals surface area (Å²) in [6, 6.07) is 1.72. The molecule has 0 fully saturated rings. The largest absolute Gasteiger partial charge is 0.493 e. The molecule has 1 aliphatic heterocycles. The Bertz CT molecular complexity index is 490. The Labute approximate surface area is 111 Å². The first-order valence-corrected chi connectivity index (χ1v) is 6.05. The molecule has 1 aromatic carbocycles. The van der Waals surface area contributed by atoms with Gasteiger partial charge in [0.05, 0.1) is 32.2 Å². The van der Waals surface area contributed by atoms with Gasteiger partial charge in [-0.15, -0.1) is 0 Å². The highest BCUT2D eigenvalue weighted by Gasteiger charge is 2.30. The van der Waals surface area contributed by atoms with Gasteiger partial charge in [0.1, 0.15) is 0 Å². The van der Waals surface area contributed by atoms with Gasteiger partial charge in [-0.25, -0.2) is 0 Å². The fraction of sp³-hybridized carbons (Fsp3) is 0.462. The lowest BCUT2D eigenvalue weighted by atomic mass is 9.88. The van der Waals surface area contributed by atoms with Crippen LogP contribution in [-0.4, -0.2) is 38.9 Å². The van der Waals surface area contributed by atoms with Gasteiger partial charge >= 0.3 is 0 Å². The van der Waals surface area contributed by atoms with Crippen molar-refractivity contribution in [1.29, 1.82) is 0 Å². The number of carbonyl (C=O) groups is 1. The minimum atomic E-state index is -0.0917. The van der Waals surface area contributed by atoms with Crippen LogP contribution >= 0.6 is 0 Å². The van der Waals surface area contributed by atoms with E-state index < -0.39 is 0 Å². The highest BCUT2D eigenvalue weighted by atomic mass is 16.5. The van der Waals surface area contributed by atoms with Crippen LogP contribution in [0.25, 0.3) is 0 Å². The highest BCUT2D eigenvalue weighted by molar-refractivity contribution is 5.85. The molecule has 19 heavy (non-hydrogen) atoms. The molecule has 0 bridgehead atoms. The van der Waals surface area contributed by atoms with Crippen molar-refractivity contribution in [2.75, 3.05) is 38.0 Å². The fourth-order valence-corrected chi connectivity index (χ4v) is 2.54. The molecule has 1 heterocycles. The van der Waals surface area contributed by atoms with E-state index in [0.717, 1.165) is 12.0 Å². The molecule has 3 N–H and O–H groups in total. The summed E-state index contributed by atoms with van der Waals surface area (Å²) < 4.78 is 10.5. The zero-order valence-electron chi connectivity index (χ0n) is 11.0. The van der Waals surface area contributed by atoms with Crippen LogP contribution in [0.4, 0.5) is 11.4 Å². The van der Waals surface area contributed by atoms with Crippen molar-refractivity contribution in [2.45, 2.75) is 12.3 Å². The third-order valence-electron chi connectivity index (χ3n) is 3.51. The van der Waals surface area contributed by atoms with Crippen molar-refractivity contribution >= 4 is 17.8 Å². The molecule has 1 unspecified atom stereocenters. The van der Waals surface area contributed by atoms with E-state index in [9.17, 15) is 9.90 Å². The molecule has 0 saturated heterocycles. The normalized spacial score (nSPS) is 17.8. The second-order valence-corrected chi connectivity index (χ2v) is 4.43.